The van der Waals surface area contributed by atoms with E-state index in [9.17, 15) is 0 Å². The normalized spacial score (nSPS) is 10.1. The highest BCUT2D eigenvalue weighted by Gasteiger charge is 2.04. The lowest BCUT2D eigenvalue weighted by Gasteiger charge is -2.12. The second kappa shape index (κ2) is 8.59. The summed E-state index contributed by atoms with van der Waals surface area (Å²) < 4.78 is 11.3. The Bertz CT molecular complexity index is 364. The lowest BCUT2D eigenvalue weighted by atomic mass is 10.1. The van der Waals surface area contributed by atoms with Gasteiger partial charge in [-0.1, -0.05) is 6.08 Å². The first kappa shape index (κ1) is 14.6. The van der Waals surface area contributed by atoms with Crippen LogP contribution >= 0.6 is 0 Å². The van der Waals surface area contributed by atoms with Gasteiger partial charge in [-0.25, -0.2) is 0 Å². The molecule has 1 aromatic rings. The Hall–Kier alpha value is -1.48. The third kappa shape index (κ3) is 4.80. The topological polar surface area (TPSA) is 30.5 Å². The molecule has 0 fully saturated rings. The van der Waals surface area contributed by atoms with Crippen molar-refractivity contribution in [1.29, 1.82) is 0 Å². The van der Waals surface area contributed by atoms with Gasteiger partial charge < -0.3 is 14.8 Å². The van der Waals surface area contributed by atoms with Crippen molar-refractivity contribution in [2.45, 2.75) is 19.8 Å². The quantitative estimate of drug-likeness (QED) is 0.539. The Morgan fingerprint density at radius 3 is 2.83 bits per heavy atom. The predicted molar refractivity (Wildman–Crippen MR) is 75.6 cm³/mol. The molecule has 0 aromatic heterocycles. The zero-order chi connectivity index (χ0) is 13.2. The van der Waals surface area contributed by atoms with Gasteiger partial charge in [0.1, 0.15) is 11.5 Å². The Balaban J connectivity index is 2.66. The molecule has 0 heterocycles. The highest BCUT2D eigenvalue weighted by Crippen LogP contribution is 2.25. The van der Waals surface area contributed by atoms with E-state index in [0.29, 0.717) is 6.61 Å². The Labute approximate surface area is 110 Å². The van der Waals surface area contributed by atoms with Crippen LogP contribution in [0.5, 0.6) is 11.5 Å². The summed E-state index contributed by atoms with van der Waals surface area (Å²) >= 11 is 0. The van der Waals surface area contributed by atoms with Crippen molar-refractivity contribution in [1.82, 2.24) is 5.32 Å². The van der Waals surface area contributed by atoms with Crippen molar-refractivity contribution >= 4 is 0 Å². The predicted octanol–water partition coefficient (Wildman–Crippen LogP) is 2.80. The van der Waals surface area contributed by atoms with Crippen molar-refractivity contribution in [2.75, 3.05) is 26.8 Å². The molecule has 0 atom stereocenters. The molecule has 0 bridgehead atoms. The molecular formula is C15H23NO2. The van der Waals surface area contributed by atoms with Crippen molar-refractivity contribution in [3.8, 4) is 11.5 Å². The summed E-state index contributed by atoms with van der Waals surface area (Å²) in [7, 11) is 1.94. The van der Waals surface area contributed by atoms with Crippen LogP contribution in [0.3, 0.4) is 0 Å². The fourth-order valence-electron chi connectivity index (χ4n) is 1.70. The first-order chi connectivity index (χ1) is 8.81. The highest BCUT2D eigenvalue weighted by molar-refractivity contribution is 5.41. The summed E-state index contributed by atoms with van der Waals surface area (Å²) in [6, 6.07) is 5.95. The lowest BCUT2D eigenvalue weighted by Crippen LogP contribution is -2.12. The van der Waals surface area contributed by atoms with Crippen LogP contribution in [0, 0.1) is 0 Å². The second-order valence-corrected chi connectivity index (χ2v) is 4.00. The molecule has 0 saturated carbocycles. The Morgan fingerprint density at radius 1 is 1.33 bits per heavy atom. The number of rotatable bonds is 9. The number of ether oxygens (including phenoxy) is 2. The van der Waals surface area contributed by atoms with Gasteiger partial charge in [0.2, 0.25) is 0 Å². The monoisotopic (exact) mass is 249 g/mol. The van der Waals surface area contributed by atoms with Crippen molar-refractivity contribution in [2.24, 2.45) is 0 Å². The molecule has 1 N–H and O–H groups in total. The van der Waals surface area contributed by atoms with Crippen molar-refractivity contribution in [3.63, 3.8) is 0 Å². The molecule has 1 rings (SSSR count). The molecular weight excluding hydrogens is 226 g/mol. The largest absolute Gasteiger partial charge is 0.494 e. The van der Waals surface area contributed by atoms with E-state index in [1.807, 2.05) is 38.2 Å². The number of allylic oxidation sites excluding steroid dienone is 1. The van der Waals surface area contributed by atoms with Gasteiger partial charge in [-0.2, -0.15) is 0 Å². The fraction of sp³-hybridized carbons (Fsp3) is 0.467. The first-order valence-corrected chi connectivity index (χ1v) is 6.45. The molecule has 0 spiro atoms. The minimum atomic E-state index is 0.676. The molecule has 3 nitrogen and oxygen atoms in total. The van der Waals surface area contributed by atoms with Gasteiger partial charge in [0.15, 0.2) is 0 Å². The van der Waals surface area contributed by atoms with Crippen molar-refractivity contribution < 1.29 is 9.47 Å². The van der Waals surface area contributed by atoms with Crippen LogP contribution in [0.15, 0.2) is 30.9 Å². The van der Waals surface area contributed by atoms with E-state index in [1.54, 1.807) is 0 Å². The molecule has 0 saturated heterocycles. The molecule has 0 aliphatic carbocycles. The van der Waals surface area contributed by atoms with Crippen molar-refractivity contribution in [3.05, 3.63) is 36.4 Å². The second-order valence-electron chi connectivity index (χ2n) is 4.00. The average Bonchev–Trinajstić information content (AvgIpc) is 2.37. The SMILES string of the molecule is C=CCc1cc(OCC)ccc1OCCCNC. The van der Waals surface area contributed by atoms with Gasteiger partial charge in [0, 0.05) is 5.56 Å². The van der Waals surface area contributed by atoms with E-state index in [1.165, 1.54) is 0 Å². The third-order valence-electron chi connectivity index (χ3n) is 2.54. The van der Waals surface area contributed by atoms with Crippen LogP contribution in [-0.4, -0.2) is 26.8 Å². The summed E-state index contributed by atoms with van der Waals surface area (Å²) in [5, 5.41) is 3.10. The summed E-state index contributed by atoms with van der Waals surface area (Å²) in [6.45, 7) is 8.12. The molecule has 0 aliphatic heterocycles. The van der Waals surface area contributed by atoms with E-state index in [-0.39, 0.29) is 0 Å². The summed E-state index contributed by atoms with van der Waals surface area (Å²) in [5.74, 6) is 1.81. The zero-order valence-corrected chi connectivity index (χ0v) is 11.4. The third-order valence-corrected chi connectivity index (χ3v) is 2.54. The Kier molecular flexibility index (Phi) is 6.96. The van der Waals surface area contributed by atoms with Gasteiger partial charge in [0.25, 0.3) is 0 Å². The van der Waals surface area contributed by atoms with Gasteiger partial charge in [0.05, 0.1) is 13.2 Å². The minimum absolute atomic E-state index is 0.676. The number of benzene rings is 1. The standard InChI is InChI=1S/C15H23NO2/c1-4-7-13-12-14(17-5-2)8-9-15(13)18-11-6-10-16-3/h4,8-9,12,16H,1,5-7,10-11H2,2-3H3. The molecule has 0 amide bonds. The number of hydrogen-bond acceptors (Lipinski definition) is 3. The molecule has 0 radical (unpaired) electrons. The zero-order valence-electron chi connectivity index (χ0n) is 11.4. The first-order valence-electron chi connectivity index (χ1n) is 6.45. The van der Waals surface area contributed by atoms with Crippen LogP contribution in [0.25, 0.3) is 0 Å². The Morgan fingerprint density at radius 2 is 2.17 bits per heavy atom. The van der Waals surface area contributed by atoms with Gasteiger partial charge >= 0.3 is 0 Å². The molecule has 18 heavy (non-hydrogen) atoms. The summed E-state index contributed by atoms with van der Waals surface area (Å²) in [5.41, 5.74) is 1.13. The van der Waals surface area contributed by atoms with Crippen LogP contribution in [-0.2, 0) is 6.42 Å². The van der Waals surface area contributed by atoms with E-state index >= 15 is 0 Å². The van der Waals surface area contributed by atoms with E-state index < -0.39 is 0 Å². The fourth-order valence-corrected chi connectivity index (χ4v) is 1.70. The molecule has 0 unspecified atom stereocenters. The van der Waals surface area contributed by atoms with Crippen LogP contribution in [0.1, 0.15) is 18.9 Å². The van der Waals surface area contributed by atoms with E-state index in [2.05, 4.69) is 11.9 Å². The van der Waals surface area contributed by atoms with Gasteiger partial charge in [-0.05, 0) is 51.6 Å². The van der Waals surface area contributed by atoms with E-state index in [0.717, 1.165) is 43.1 Å². The van der Waals surface area contributed by atoms with Crippen LogP contribution in [0.4, 0.5) is 0 Å². The minimum Gasteiger partial charge on any atom is -0.494 e. The number of hydrogen-bond donors (Lipinski definition) is 1. The van der Waals surface area contributed by atoms with Gasteiger partial charge in [-0.3, -0.25) is 0 Å². The van der Waals surface area contributed by atoms with Crippen LogP contribution in [0.2, 0.25) is 0 Å². The molecule has 100 valence electrons. The molecule has 1 aromatic carbocycles. The van der Waals surface area contributed by atoms with Crippen LogP contribution < -0.4 is 14.8 Å². The molecule has 0 aliphatic rings. The average molecular weight is 249 g/mol. The number of nitrogens with one attached hydrogen (secondary N) is 1. The maximum absolute atomic E-state index is 5.78. The maximum atomic E-state index is 5.78. The van der Waals surface area contributed by atoms with E-state index in [4.69, 9.17) is 9.47 Å². The summed E-state index contributed by atoms with van der Waals surface area (Å²) in [6.07, 6.45) is 3.67. The maximum Gasteiger partial charge on any atom is 0.123 e. The highest BCUT2D eigenvalue weighted by atomic mass is 16.5. The summed E-state index contributed by atoms with van der Waals surface area (Å²) in [4.78, 5) is 0. The van der Waals surface area contributed by atoms with Gasteiger partial charge in [-0.15, -0.1) is 6.58 Å². The smallest absolute Gasteiger partial charge is 0.123 e. The lowest BCUT2D eigenvalue weighted by molar-refractivity contribution is 0.304. The molecule has 3 heteroatoms.